The normalized spacial score (nSPS) is 12.9. The summed E-state index contributed by atoms with van der Waals surface area (Å²) in [6.07, 6.45) is 0. The molecular weight excluding hydrogens is 310 g/mol. The number of rotatable bonds is 2. The first-order valence-corrected chi connectivity index (χ1v) is 7.37. The Kier molecular flexibility index (Phi) is 2.64. The third-order valence-corrected chi connectivity index (χ3v) is 3.80. The predicted molar refractivity (Wildman–Crippen MR) is 83.6 cm³/mol. The molecule has 7 nitrogen and oxygen atoms in total. The summed E-state index contributed by atoms with van der Waals surface area (Å²) in [6, 6.07) is 11.1. The molecular formula is C17H11N3O4. The smallest absolute Gasteiger partial charge is 0.258 e. The second-order valence-electron chi connectivity index (χ2n) is 5.41. The Morgan fingerprint density at radius 1 is 0.917 bits per heavy atom. The first kappa shape index (κ1) is 13.1. The fraction of sp³-hybridized carbons (Fsp3) is 0.118. The van der Waals surface area contributed by atoms with Crippen LogP contribution in [-0.4, -0.2) is 21.9 Å². The van der Waals surface area contributed by atoms with E-state index >= 15 is 0 Å². The van der Waals surface area contributed by atoms with Crippen LogP contribution < -0.4 is 9.47 Å². The number of aryl methyl sites for hydroxylation is 1. The quantitative estimate of drug-likeness (QED) is 0.558. The summed E-state index contributed by atoms with van der Waals surface area (Å²) in [7, 11) is 0. The average molecular weight is 321 g/mol. The molecule has 0 saturated heterocycles. The molecule has 0 amide bonds. The molecule has 0 aliphatic carbocycles. The van der Waals surface area contributed by atoms with Crippen LogP contribution in [0.25, 0.3) is 33.9 Å². The second kappa shape index (κ2) is 4.82. The molecule has 5 rings (SSSR count). The van der Waals surface area contributed by atoms with Crippen molar-refractivity contribution >= 4 is 11.1 Å². The Labute approximate surface area is 135 Å². The third-order valence-electron chi connectivity index (χ3n) is 3.80. The van der Waals surface area contributed by atoms with Crippen LogP contribution in [0.4, 0.5) is 0 Å². The Morgan fingerprint density at radius 2 is 1.79 bits per heavy atom. The summed E-state index contributed by atoms with van der Waals surface area (Å²) in [4.78, 5) is 8.78. The Morgan fingerprint density at radius 3 is 2.75 bits per heavy atom. The highest BCUT2D eigenvalue weighted by atomic mass is 16.7. The molecule has 7 heteroatoms. The molecule has 2 aromatic heterocycles. The van der Waals surface area contributed by atoms with E-state index in [0.29, 0.717) is 29.1 Å². The van der Waals surface area contributed by atoms with Crippen molar-refractivity contribution < 1.29 is 18.4 Å². The first-order chi connectivity index (χ1) is 11.8. The molecule has 1 aliphatic heterocycles. The highest BCUT2D eigenvalue weighted by Gasteiger charge is 2.17. The fourth-order valence-electron chi connectivity index (χ4n) is 2.67. The zero-order valence-electron chi connectivity index (χ0n) is 12.6. The Bertz CT molecular complexity index is 1070. The van der Waals surface area contributed by atoms with Crippen molar-refractivity contribution in [3.05, 3.63) is 42.3 Å². The maximum atomic E-state index is 5.47. The van der Waals surface area contributed by atoms with Gasteiger partial charge in [-0.15, -0.1) is 0 Å². The van der Waals surface area contributed by atoms with E-state index in [0.717, 1.165) is 22.2 Å². The molecule has 0 radical (unpaired) electrons. The standard InChI is InChI=1S/C17H11N3O4/c1-9-18-12-6-10(2-4-13(12)23-9)16-19-17(24-20-16)11-3-5-14-15(7-11)22-8-21-14/h2-7H,8H2,1H3. The van der Waals surface area contributed by atoms with Gasteiger partial charge in [0.25, 0.3) is 5.89 Å². The number of nitrogens with zero attached hydrogens (tertiary/aromatic N) is 3. The van der Waals surface area contributed by atoms with Gasteiger partial charge in [0.05, 0.1) is 0 Å². The lowest BCUT2D eigenvalue weighted by molar-refractivity contribution is 0.174. The minimum Gasteiger partial charge on any atom is -0.454 e. The van der Waals surface area contributed by atoms with E-state index in [1.165, 1.54) is 0 Å². The van der Waals surface area contributed by atoms with Gasteiger partial charge in [-0.2, -0.15) is 4.98 Å². The SMILES string of the molecule is Cc1nc2cc(-c3noc(-c4ccc5c(c4)OCO5)n3)ccc2o1. The highest BCUT2D eigenvalue weighted by molar-refractivity contribution is 5.78. The lowest BCUT2D eigenvalue weighted by Crippen LogP contribution is -1.92. The zero-order chi connectivity index (χ0) is 16.1. The molecule has 4 aromatic rings. The maximum absolute atomic E-state index is 5.47. The maximum Gasteiger partial charge on any atom is 0.258 e. The van der Waals surface area contributed by atoms with Crippen LogP contribution in [-0.2, 0) is 0 Å². The molecule has 0 fully saturated rings. The molecule has 0 atom stereocenters. The average Bonchev–Trinajstić information content (AvgIpc) is 3.31. The number of aromatic nitrogens is 3. The number of fused-ring (bicyclic) bond motifs is 2. The number of hydrogen-bond acceptors (Lipinski definition) is 7. The molecule has 0 N–H and O–H groups in total. The summed E-state index contributed by atoms with van der Waals surface area (Å²) in [5, 5.41) is 4.05. The summed E-state index contributed by atoms with van der Waals surface area (Å²) in [5.41, 5.74) is 3.08. The van der Waals surface area contributed by atoms with Gasteiger partial charge in [0, 0.05) is 18.1 Å². The number of benzene rings is 2. The predicted octanol–water partition coefficient (Wildman–Crippen LogP) is 3.58. The summed E-state index contributed by atoms with van der Waals surface area (Å²) in [5.74, 6) is 2.92. The van der Waals surface area contributed by atoms with Crippen molar-refractivity contribution in [3.8, 4) is 34.3 Å². The second-order valence-corrected chi connectivity index (χ2v) is 5.41. The highest BCUT2D eigenvalue weighted by Crippen LogP contribution is 2.36. The van der Waals surface area contributed by atoms with Crippen LogP contribution >= 0.6 is 0 Å². The topological polar surface area (TPSA) is 83.4 Å². The van der Waals surface area contributed by atoms with Crippen molar-refractivity contribution in [3.63, 3.8) is 0 Å². The Hall–Kier alpha value is -3.35. The van der Waals surface area contributed by atoms with E-state index in [2.05, 4.69) is 15.1 Å². The lowest BCUT2D eigenvalue weighted by Gasteiger charge is -1.97. The Balaban J connectivity index is 1.53. The summed E-state index contributed by atoms with van der Waals surface area (Å²) in [6.45, 7) is 2.04. The summed E-state index contributed by atoms with van der Waals surface area (Å²) >= 11 is 0. The molecule has 0 unspecified atom stereocenters. The van der Waals surface area contributed by atoms with Crippen molar-refractivity contribution in [1.29, 1.82) is 0 Å². The van der Waals surface area contributed by atoms with Crippen LogP contribution in [0.15, 0.2) is 45.3 Å². The van der Waals surface area contributed by atoms with E-state index in [4.69, 9.17) is 18.4 Å². The van der Waals surface area contributed by atoms with Crippen molar-refractivity contribution in [2.45, 2.75) is 6.92 Å². The monoisotopic (exact) mass is 321 g/mol. The van der Waals surface area contributed by atoms with Crippen LogP contribution in [0, 0.1) is 6.92 Å². The molecule has 2 aromatic carbocycles. The first-order valence-electron chi connectivity index (χ1n) is 7.37. The van der Waals surface area contributed by atoms with Gasteiger partial charge in [-0.25, -0.2) is 4.98 Å². The van der Waals surface area contributed by atoms with Gasteiger partial charge >= 0.3 is 0 Å². The minimum absolute atomic E-state index is 0.227. The van der Waals surface area contributed by atoms with E-state index < -0.39 is 0 Å². The number of hydrogen-bond donors (Lipinski definition) is 0. The largest absolute Gasteiger partial charge is 0.454 e. The van der Waals surface area contributed by atoms with Gasteiger partial charge in [0.1, 0.15) is 5.52 Å². The minimum atomic E-state index is 0.227. The van der Waals surface area contributed by atoms with Gasteiger partial charge in [-0.3, -0.25) is 0 Å². The lowest BCUT2D eigenvalue weighted by atomic mass is 10.2. The molecule has 24 heavy (non-hydrogen) atoms. The van der Waals surface area contributed by atoms with Gasteiger partial charge in [0.2, 0.25) is 12.6 Å². The van der Waals surface area contributed by atoms with E-state index in [1.807, 2.05) is 43.3 Å². The van der Waals surface area contributed by atoms with Gasteiger partial charge in [0.15, 0.2) is 23.0 Å². The number of ether oxygens (including phenoxy) is 2. The fourth-order valence-corrected chi connectivity index (χ4v) is 2.67. The van der Waals surface area contributed by atoms with Crippen LogP contribution in [0.3, 0.4) is 0 Å². The van der Waals surface area contributed by atoms with E-state index in [-0.39, 0.29) is 6.79 Å². The molecule has 0 spiro atoms. The molecule has 1 aliphatic rings. The van der Waals surface area contributed by atoms with Crippen molar-refractivity contribution in [1.82, 2.24) is 15.1 Å². The molecule has 118 valence electrons. The molecule has 0 bridgehead atoms. The van der Waals surface area contributed by atoms with E-state index in [9.17, 15) is 0 Å². The van der Waals surface area contributed by atoms with Crippen LogP contribution in [0.2, 0.25) is 0 Å². The van der Waals surface area contributed by atoms with Crippen molar-refractivity contribution in [2.24, 2.45) is 0 Å². The molecule has 0 saturated carbocycles. The molecule has 3 heterocycles. The number of oxazole rings is 1. The van der Waals surface area contributed by atoms with Crippen molar-refractivity contribution in [2.75, 3.05) is 6.79 Å². The van der Waals surface area contributed by atoms with Gasteiger partial charge < -0.3 is 18.4 Å². The third kappa shape index (κ3) is 2.02. The van der Waals surface area contributed by atoms with Gasteiger partial charge in [-0.1, -0.05) is 5.16 Å². The zero-order valence-corrected chi connectivity index (χ0v) is 12.6. The van der Waals surface area contributed by atoms with Crippen LogP contribution in [0.5, 0.6) is 11.5 Å². The van der Waals surface area contributed by atoms with Crippen LogP contribution in [0.1, 0.15) is 5.89 Å². The van der Waals surface area contributed by atoms with Gasteiger partial charge in [-0.05, 0) is 36.4 Å². The summed E-state index contributed by atoms with van der Waals surface area (Å²) < 4.78 is 21.5. The van der Waals surface area contributed by atoms with E-state index in [1.54, 1.807) is 0 Å².